The summed E-state index contributed by atoms with van der Waals surface area (Å²) in [6, 6.07) is 19.1. The first-order valence-electron chi connectivity index (χ1n) is 10.4. The third-order valence-corrected chi connectivity index (χ3v) is 6.36. The number of nitrogens with one attached hydrogen (secondary N) is 2. The fraction of sp³-hybridized carbons (Fsp3) is 0.167. The highest BCUT2D eigenvalue weighted by molar-refractivity contribution is 7.15. The van der Waals surface area contributed by atoms with Crippen LogP contribution in [-0.2, 0) is 17.8 Å². The van der Waals surface area contributed by atoms with Crippen molar-refractivity contribution in [3.05, 3.63) is 83.1 Å². The quantitative estimate of drug-likeness (QED) is 0.488. The molecule has 0 atom stereocenters. The van der Waals surface area contributed by atoms with E-state index in [1.807, 2.05) is 42.5 Å². The van der Waals surface area contributed by atoms with Crippen molar-refractivity contribution in [2.45, 2.75) is 13.0 Å². The highest BCUT2D eigenvalue weighted by Crippen LogP contribution is 2.29. The molecule has 0 fully saturated rings. The SMILES string of the molecule is O=C(CN1CCc2nc(NC(=O)c3ccccn3)sc2C1)Nc1cccc2ccccc12. The van der Waals surface area contributed by atoms with Gasteiger partial charge in [-0.1, -0.05) is 42.5 Å². The average Bonchev–Trinajstić information content (AvgIpc) is 3.21. The minimum absolute atomic E-state index is 0.0435. The maximum absolute atomic E-state index is 12.7. The Kier molecular flexibility index (Phi) is 5.62. The number of thiazole rings is 1. The highest BCUT2D eigenvalue weighted by atomic mass is 32.1. The molecular formula is C24H21N5O2S. The van der Waals surface area contributed by atoms with Crippen LogP contribution in [-0.4, -0.2) is 39.8 Å². The number of benzene rings is 2. The van der Waals surface area contributed by atoms with Gasteiger partial charge in [0.1, 0.15) is 5.69 Å². The number of nitrogens with zero attached hydrogens (tertiary/aromatic N) is 3. The Labute approximate surface area is 189 Å². The molecule has 0 radical (unpaired) electrons. The van der Waals surface area contributed by atoms with Gasteiger partial charge in [0.05, 0.1) is 12.2 Å². The van der Waals surface area contributed by atoms with Crippen LogP contribution in [0.1, 0.15) is 21.1 Å². The van der Waals surface area contributed by atoms with Gasteiger partial charge < -0.3 is 5.32 Å². The van der Waals surface area contributed by atoms with E-state index < -0.39 is 0 Å². The van der Waals surface area contributed by atoms with Gasteiger partial charge >= 0.3 is 0 Å². The summed E-state index contributed by atoms with van der Waals surface area (Å²) < 4.78 is 0. The van der Waals surface area contributed by atoms with Crippen molar-refractivity contribution >= 4 is 44.7 Å². The Balaban J connectivity index is 1.22. The number of pyridine rings is 1. The lowest BCUT2D eigenvalue weighted by Gasteiger charge is -2.25. The molecule has 0 saturated carbocycles. The predicted octanol–water partition coefficient (Wildman–Crippen LogP) is 3.94. The van der Waals surface area contributed by atoms with E-state index >= 15 is 0 Å². The van der Waals surface area contributed by atoms with Crippen LogP contribution in [0.15, 0.2) is 66.9 Å². The summed E-state index contributed by atoms with van der Waals surface area (Å²) in [6.45, 7) is 1.68. The summed E-state index contributed by atoms with van der Waals surface area (Å²) in [5, 5.41) is 8.56. The molecule has 1 aliphatic heterocycles. The number of aromatic nitrogens is 2. The first kappa shape index (κ1) is 20.3. The number of hydrogen-bond donors (Lipinski definition) is 2. The smallest absolute Gasteiger partial charge is 0.276 e. The van der Waals surface area contributed by atoms with Crippen LogP contribution in [0.3, 0.4) is 0 Å². The van der Waals surface area contributed by atoms with E-state index in [9.17, 15) is 9.59 Å². The lowest BCUT2D eigenvalue weighted by Crippen LogP contribution is -2.36. The van der Waals surface area contributed by atoms with Gasteiger partial charge in [0.15, 0.2) is 5.13 Å². The second kappa shape index (κ2) is 8.86. The molecule has 0 saturated heterocycles. The molecule has 0 unspecified atom stereocenters. The van der Waals surface area contributed by atoms with Gasteiger partial charge in [0.2, 0.25) is 5.91 Å². The van der Waals surface area contributed by atoms with E-state index in [-0.39, 0.29) is 11.8 Å². The zero-order valence-corrected chi connectivity index (χ0v) is 18.1. The summed E-state index contributed by atoms with van der Waals surface area (Å²) in [7, 11) is 0. The van der Waals surface area contributed by atoms with Gasteiger partial charge in [0.25, 0.3) is 5.91 Å². The Morgan fingerprint density at radius 1 is 1.00 bits per heavy atom. The number of anilines is 2. The minimum Gasteiger partial charge on any atom is -0.324 e. The summed E-state index contributed by atoms with van der Waals surface area (Å²) in [4.78, 5) is 36.9. The molecule has 2 N–H and O–H groups in total. The van der Waals surface area contributed by atoms with Gasteiger partial charge in [0, 0.05) is 41.7 Å². The second-order valence-electron chi connectivity index (χ2n) is 7.59. The fourth-order valence-corrected chi connectivity index (χ4v) is 4.87. The highest BCUT2D eigenvalue weighted by Gasteiger charge is 2.23. The van der Waals surface area contributed by atoms with Crippen LogP contribution in [0.2, 0.25) is 0 Å². The van der Waals surface area contributed by atoms with Crippen molar-refractivity contribution in [2.75, 3.05) is 23.7 Å². The number of carbonyl (C=O) groups excluding carboxylic acids is 2. The Morgan fingerprint density at radius 3 is 2.72 bits per heavy atom. The van der Waals surface area contributed by atoms with E-state index in [0.717, 1.165) is 40.0 Å². The molecule has 0 spiro atoms. The van der Waals surface area contributed by atoms with Crippen molar-refractivity contribution in [1.82, 2.24) is 14.9 Å². The van der Waals surface area contributed by atoms with Gasteiger partial charge in [-0.3, -0.25) is 24.8 Å². The minimum atomic E-state index is -0.275. The van der Waals surface area contributed by atoms with Crippen molar-refractivity contribution < 1.29 is 9.59 Å². The van der Waals surface area contributed by atoms with Gasteiger partial charge in [-0.25, -0.2) is 4.98 Å². The fourth-order valence-electron chi connectivity index (χ4n) is 3.82. The first-order chi connectivity index (χ1) is 15.7. The number of fused-ring (bicyclic) bond motifs is 2. The Morgan fingerprint density at radius 2 is 1.84 bits per heavy atom. The molecule has 5 rings (SSSR count). The monoisotopic (exact) mass is 443 g/mol. The van der Waals surface area contributed by atoms with Crippen molar-refractivity contribution in [3.8, 4) is 0 Å². The molecule has 3 heterocycles. The standard InChI is InChI=1S/C24H21N5O2S/c30-22(26-18-10-5-7-16-6-1-2-8-17(16)18)15-29-13-11-19-21(14-29)32-24(27-19)28-23(31)20-9-3-4-12-25-20/h1-10,12H,11,13-15H2,(H,26,30)(H,27,28,31). The van der Waals surface area contributed by atoms with Crippen LogP contribution in [0.4, 0.5) is 10.8 Å². The lowest BCUT2D eigenvalue weighted by atomic mass is 10.1. The first-order valence-corrected chi connectivity index (χ1v) is 11.2. The van der Waals surface area contributed by atoms with Crippen molar-refractivity contribution in [2.24, 2.45) is 0 Å². The molecule has 2 aromatic carbocycles. The van der Waals surface area contributed by atoms with Gasteiger partial charge in [-0.2, -0.15) is 0 Å². The van der Waals surface area contributed by atoms with Gasteiger partial charge in [-0.05, 0) is 23.6 Å². The molecule has 2 aromatic heterocycles. The maximum Gasteiger partial charge on any atom is 0.276 e. The normalized spacial score (nSPS) is 13.5. The van der Waals surface area contributed by atoms with Gasteiger partial charge in [-0.15, -0.1) is 11.3 Å². The van der Waals surface area contributed by atoms with Crippen molar-refractivity contribution in [3.63, 3.8) is 0 Å². The van der Waals surface area contributed by atoms with Crippen LogP contribution in [0.5, 0.6) is 0 Å². The largest absolute Gasteiger partial charge is 0.324 e. The third kappa shape index (κ3) is 4.37. The van der Waals surface area contributed by atoms with E-state index in [2.05, 4.69) is 25.5 Å². The molecule has 8 heteroatoms. The lowest BCUT2D eigenvalue weighted by molar-refractivity contribution is -0.117. The molecule has 1 aliphatic rings. The molecule has 32 heavy (non-hydrogen) atoms. The molecule has 0 bridgehead atoms. The molecule has 160 valence electrons. The third-order valence-electron chi connectivity index (χ3n) is 5.36. The zero-order valence-electron chi connectivity index (χ0n) is 17.2. The molecule has 0 aliphatic carbocycles. The van der Waals surface area contributed by atoms with Crippen LogP contribution in [0, 0.1) is 0 Å². The van der Waals surface area contributed by atoms with Crippen LogP contribution >= 0.6 is 11.3 Å². The molecular weight excluding hydrogens is 422 g/mol. The Hall–Kier alpha value is -3.62. The zero-order chi connectivity index (χ0) is 21.9. The van der Waals surface area contributed by atoms with Crippen LogP contribution < -0.4 is 10.6 Å². The summed E-state index contributed by atoms with van der Waals surface area (Å²) >= 11 is 1.45. The predicted molar refractivity (Wildman–Crippen MR) is 126 cm³/mol. The molecule has 2 amide bonds. The summed E-state index contributed by atoms with van der Waals surface area (Å²) in [5.41, 5.74) is 2.16. The van der Waals surface area contributed by atoms with Crippen LogP contribution in [0.25, 0.3) is 10.8 Å². The molecule has 7 nitrogen and oxygen atoms in total. The van der Waals surface area contributed by atoms with E-state index in [1.54, 1.807) is 24.4 Å². The van der Waals surface area contributed by atoms with E-state index in [4.69, 9.17) is 0 Å². The Bertz CT molecular complexity index is 1280. The topological polar surface area (TPSA) is 87.2 Å². The van der Waals surface area contributed by atoms with E-state index in [0.29, 0.717) is 23.9 Å². The number of hydrogen-bond acceptors (Lipinski definition) is 6. The average molecular weight is 444 g/mol. The van der Waals surface area contributed by atoms with E-state index in [1.165, 1.54) is 11.3 Å². The number of rotatable bonds is 5. The summed E-state index contributed by atoms with van der Waals surface area (Å²) in [5.74, 6) is -0.319. The second-order valence-corrected chi connectivity index (χ2v) is 8.68. The summed E-state index contributed by atoms with van der Waals surface area (Å²) in [6.07, 6.45) is 2.33. The number of carbonyl (C=O) groups is 2. The molecule has 4 aromatic rings. The number of amides is 2. The maximum atomic E-state index is 12.7. The van der Waals surface area contributed by atoms with Crippen molar-refractivity contribution in [1.29, 1.82) is 0 Å².